The van der Waals surface area contributed by atoms with Crippen LogP contribution in [0.3, 0.4) is 0 Å². The van der Waals surface area contributed by atoms with Crippen molar-refractivity contribution in [3.63, 3.8) is 0 Å². The fourth-order valence-corrected chi connectivity index (χ4v) is 4.39. The number of rotatable bonds is 7. The molecule has 0 saturated heterocycles. The van der Waals surface area contributed by atoms with Gasteiger partial charge in [0.1, 0.15) is 11.1 Å². The van der Waals surface area contributed by atoms with E-state index in [9.17, 15) is 14.7 Å². The summed E-state index contributed by atoms with van der Waals surface area (Å²) in [6.07, 6.45) is 3.40. The van der Waals surface area contributed by atoms with Crippen molar-refractivity contribution in [3.8, 4) is 0 Å². The molecule has 1 aliphatic rings. The molecule has 0 radical (unpaired) electrons. The minimum Gasteiger partial charge on any atom is -0.479 e. The summed E-state index contributed by atoms with van der Waals surface area (Å²) in [5.74, 6) is -0.925. The zero-order valence-electron chi connectivity index (χ0n) is 18.4. The monoisotopic (exact) mass is 404 g/mol. The van der Waals surface area contributed by atoms with E-state index in [1.54, 1.807) is 32.9 Å². The average Bonchev–Trinajstić information content (AvgIpc) is 3.12. The fourth-order valence-electron chi connectivity index (χ4n) is 4.39. The number of aliphatic carboxylic acids is 1. The van der Waals surface area contributed by atoms with Crippen LogP contribution in [0.15, 0.2) is 24.3 Å². The van der Waals surface area contributed by atoms with Gasteiger partial charge in [-0.2, -0.15) is 0 Å². The summed E-state index contributed by atoms with van der Waals surface area (Å²) in [5.41, 5.74) is 5.25. The highest BCUT2D eigenvalue weighted by Gasteiger charge is 2.54. The molecule has 1 aromatic carbocycles. The molecule has 1 saturated carbocycles. The van der Waals surface area contributed by atoms with Gasteiger partial charge in [0, 0.05) is 5.69 Å². The Bertz CT molecular complexity index is 703. The minimum absolute atomic E-state index is 0.0938. The van der Waals surface area contributed by atoms with E-state index in [-0.39, 0.29) is 18.4 Å². The topological polar surface area (TPSA) is 92.9 Å². The zero-order chi connectivity index (χ0) is 21.8. The Morgan fingerprint density at radius 3 is 2.17 bits per heavy atom. The Labute approximate surface area is 174 Å². The number of nitrogens with zero attached hydrogens (tertiary/aromatic N) is 1. The Balaban J connectivity index is 2.55. The van der Waals surface area contributed by atoms with Gasteiger partial charge in [0.2, 0.25) is 0 Å². The van der Waals surface area contributed by atoms with Crippen molar-refractivity contribution in [1.29, 1.82) is 0 Å². The van der Waals surface area contributed by atoms with Crippen LogP contribution < -0.4 is 5.73 Å². The number of benzene rings is 1. The summed E-state index contributed by atoms with van der Waals surface area (Å²) in [6, 6.07) is 7.21. The summed E-state index contributed by atoms with van der Waals surface area (Å²) in [7, 11) is 0. The van der Waals surface area contributed by atoms with Crippen molar-refractivity contribution in [3.05, 3.63) is 29.8 Å². The van der Waals surface area contributed by atoms with E-state index in [1.807, 2.05) is 26.0 Å². The molecule has 3 N–H and O–H groups in total. The van der Waals surface area contributed by atoms with Crippen LogP contribution in [0.2, 0.25) is 0 Å². The molecule has 2 rings (SSSR count). The van der Waals surface area contributed by atoms with Gasteiger partial charge in [0.15, 0.2) is 0 Å². The van der Waals surface area contributed by atoms with Crippen LogP contribution in [0.5, 0.6) is 0 Å². The first-order chi connectivity index (χ1) is 13.5. The fraction of sp³-hybridized carbons (Fsp3) is 0.652. The maximum absolute atomic E-state index is 13.3. The molecule has 1 atom stereocenters. The molecule has 1 amide bonds. The number of carbonyl (C=O) groups excluding carboxylic acids is 1. The average molecular weight is 405 g/mol. The molecule has 29 heavy (non-hydrogen) atoms. The van der Waals surface area contributed by atoms with Gasteiger partial charge < -0.3 is 15.6 Å². The third-order valence-corrected chi connectivity index (χ3v) is 5.54. The third kappa shape index (κ3) is 5.64. The Morgan fingerprint density at radius 2 is 1.72 bits per heavy atom. The normalized spacial score (nSPS) is 17.2. The lowest BCUT2D eigenvalue weighted by Gasteiger charge is -2.46. The molecule has 6 nitrogen and oxygen atoms in total. The van der Waals surface area contributed by atoms with Crippen LogP contribution in [-0.2, 0) is 16.1 Å². The van der Waals surface area contributed by atoms with Gasteiger partial charge in [0.25, 0.3) is 0 Å². The Morgan fingerprint density at radius 1 is 1.17 bits per heavy atom. The molecule has 0 aliphatic heterocycles. The zero-order valence-corrected chi connectivity index (χ0v) is 18.4. The van der Waals surface area contributed by atoms with Crippen molar-refractivity contribution in [2.45, 2.75) is 84.4 Å². The lowest BCUT2D eigenvalue weighted by molar-refractivity contribution is -0.158. The van der Waals surface area contributed by atoms with Gasteiger partial charge in [-0.1, -0.05) is 38.8 Å². The van der Waals surface area contributed by atoms with Crippen LogP contribution in [0, 0.1) is 11.8 Å². The van der Waals surface area contributed by atoms with E-state index in [2.05, 4.69) is 0 Å². The van der Waals surface area contributed by atoms with Crippen molar-refractivity contribution >= 4 is 17.7 Å². The maximum atomic E-state index is 13.3. The number of nitrogens with two attached hydrogens (primary N) is 1. The number of amides is 1. The van der Waals surface area contributed by atoms with Crippen molar-refractivity contribution in [2.24, 2.45) is 11.8 Å². The molecule has 1 aromatic rings. The highest BCUT2D eigenvalue weighted by atomic mass is 16.6. The number of hydrogen-bond acceptors (Lipinski definition) is 4. The van der Waals surface area contributed by atoms with Crippen LogP contribution in [-0.4, -0.2) is 33.2 Å². The molecule has 0 aromatic heterocycles. The van der Waals surface area contributed by atoms with E-state index in [1.165, 1.54) is 4.90 Å². The lowest BCUT2D eigenvalue weighted by Crippen LogP contribution is -2.62. The van der Waals surface area contributed by atoms with Gasteiger partial charge in [-0.05, 0) is 69.6 Å². The molecule has 0 spiro atoms. The van der Waals surface area contributed by atoms with E-state index in [0.717, 1.165) is 31.2 Å². The number of anilines is 1. The van der Waals surface area contributed by atoms with Crippen molar-refractivity contribution < 1.29 is 19.4 Å². The van der Waals surface area contributed by atoms with Crippen molar-refractivity contribution in [2.75, 3.05) is 5.73 Å². The quantitative estimate of drug-likeness (QED) is 0.619. The molecular weight excluding hydrogens is 368 g/mol. The van der Waals surface area contributed by atoms with E-state index in [0.29, 0.717) is 12.1 Å². The third-order valence-electron chi connectivity index (χ3n) is 5.54. The van der Waals surface area contributed by atoms with Gasteiger partial charge in [-0.3, -0.25) is 4.90 Å². The van der Waals surface area contributed by atoms with Gasteiger partial charge >= 0.3 is 12.1 Å². The largest absolute Gasteiger partial charge is 0.479 e. The summed E-state index contributed by atoms with van der Waals surface area (Å²) >= 11 is 0. The second-order valence-corrected chi connectivity index (χ2v) is 9.62. The number of carbonyl (C=O) groups is 2. The summed E-state index contributed by atoms with van der Waals surface area (Å²) in [6.45, 7) is 9.57. The smallest absolute Gasteiger partial charge is 0.411 e. The van der Waals surface area contributed by atoms with Crippen LogP contribution in [0.25, 0.3) is 0 Å². The van der Waals surface area contributed by atoms with E-state index < -0.39 is 23.2 Å². The van der Waals surface area contributed by atoms with Crippen LogP contribution >= 0.6 is 0 Å². The standard InChI is InChI=1S/C23H36N2O4/c1-16(2)14-23(20(26)27,18-8-6-7-9-18)25(21(28)29-22(3,4)5)15-17-10-12-19(24)13-11-17/h10-13,16,18H,6-9,14-15,24H2,1-5H3,(H,26,27)/t23-/m0/s1. The predicted molar refractivity (Wildman–Crippen MR) is 114 cm³/mol. The van der Waals surface area contributed by atoms with Gasteiger partial charge in [-0.15, -0.1) is 0 Å². The molecule has 1 aliphatic carbocycles. The highest BCUT2D eigenvalue weighted by molar-refractivity contribution is 5.85. The number of carboxylic acids is 1. The minimum atomic E-state index is -1.30. The summed E-state index contributed by atoms with van der Waals surface area (Å²) in [5, 5.41) is 10.5. The van der Waals surface area contributed by atoms with Crippen LogP contribution in [0.4, 0.5) is 10.5 Å². The molecule has 162 valence electrons. The summed E-state index contributed by atoms with van der Waals surface area (Å²) < 4.78 is 5.69. The van der Waals surface area contributed by atoms with Crippen molar-refractivity contribution in [1.82, 2.24) is 4.90 Å². The second kappa shape index (κ2) is 9.06. The molecule has 0 heterocycles. The predicted octanol–water partition coefficient (Wildman–Crippen LogP) is 5.07. The van der Waals surface area contributed by atoms with Gasteiger partial charge in [0.05, 0.1) is 6.54 Å². The molecular formula is C23H36N2O4. The first-order valence-electron chi connectivity index (χ1n) is 10.5. The molecule has 1 fully saturated rings. The van der Waals surface area contributed by atoms with Crippen LogP contribution in [0.1, 0.15) is 72.3 Å². The lowest BCUT2D eigenvalue weighted by atomic mass is 9.75. The number of hydrogen-bond donors (Lipinski definition) is 2. The summed E-state index contributed by atoms with van der Waals surface area (Å²) in [4.78, 5) is 27.6. The Hall–Kier alpha value is -2.24. The van der Waals surface area contributed by atoms with Gasteiger partial charge in [-0.25, -0.2) is 9.59 Å². The number of nitrogen functional groups attached to an aromatic ring is 1. The van der Waals surface area contributed by atoms with E-state index >= 15 is 0 Å². The Kier molecular flexibility index (Phi) is 7.20. The molecule has 0 unspecified atom stereocenters. The SMILES string of the molecule is CC(C)C[C@@](C(=O)O)(C1CCCC1)N(Cc1ccc(N)cc1)C(=O)OC(C)(C)C. The maximum Gasteiger partial charge on any atom is 0.411 e. The number of carboxylic acid groups (broad SMARTS) is 1. The second-order valence-electron chi connectivity index (χ2n) is 9.62. The number of ether oxygens (including phenoxy) is 1. The molecule has 6 heteroatoms. The highest BCUT2D eigenvalue weighted by Crippen LogP contribution is 2.43. The first kappa shape index (κ1) is 23.0. The molecule has 0 bridgehead atoms. The first-order valence-corrected chi connectivity index (χ1v) is 10.5. The van der Waals surface area contributed by atoms with E-state index in [4.69, 9.17) is 10.5 Å².